The number of hydrogen-bond acceptors (Lipinski definition) is 5. The summed E-state index contributed by atoms with van der Waals surface area (Å²) < 4.78 is 0. The van der Waals surface area contributed by atoms with Gasteiger partial charge in [0.15, 0.2) is 17.3 Å². The SMILES string of the molecule is O=C(CCc1ccccc1)Nc1nc2c(nc1Cc1ccccc1)-c1ccc(O)c(O)c1CC2. The third kappa shape index (κ3) is 4.48. The Morgan fingerprint density at radius 3 is 2.29 bits per heavy atom. The normalized spacial score (nSPS) is 12.0. The second kappa shape index (κ2) is 9.35. The van der Waals surface area contributed by atoms with Crippen LogP contribution in [0.2, 0.25) is 0 Å². The molecular formula is C28H25N3O3. The van der Waals surface area contributed by atoms with Crippen LogP contribution in [0.15, 0.2) is 72.8 Å². The van der Waals surface area contributed by atoms with Crippen molar-refractivity contribution in [2.24, 2.45) is 0 Å². The minimum atomic E-state index is -0.137. The first-order valence-electron chi connectivity index (χ1n) is 11.4. The molecule has 0 radical (unpaired) electrons. The molecule has 6 nitrogen and oxygen atoms in total. The summed E-state index contributed by atoms with van der Waals surface area (Å²) in [5.74, 6) is 0.133. The fraction of sp³-hybridized carbons (Fsp3) is 0.179. The van der Waals surface area contributed by atoms with Gasteiger partial charge in [-0.3, -0.25) is 4.79 Å². The maximum Gasteiger partial charge on any atom is 0.225 e. The molecule has 6 heteroatoms. The van der Waals surface area contributed by atoms with Crippen LogP contribution < -0.4 is 5.32 Å². The highest BCUT2D eigenvalue weighted by molar-refractivity contribution is 5.90. The molecule has 1 amide bonds. The van der Waals surface area contributed by atoms with Crippen LogP contribution in [0.4, 0.5) is 5.82 Å². The minimum Gasteiger partial charge on any atom is -0.504 e. The van der Waals surface area contributed by atoms with Crippen molar-refractivity contribution in [1.29, 1.82) is 0 Å². The molecule has 0 spiro atoms. The molecule has 1 aromatic heterocycles. The lowest BCUT2D eigenvalue weighted by molar-refractivity contribution is -0.116. The topological polar surface area (TPSA) is 95.3 Å². The number of hydrogen-bond donors (Lipinski definition) is 3. The van der Waals surface area contributed by atoms with E-state index in [1.165, 1.54) is 6.07 Å². The van der Waals surface area contributed by atoms with E-state index in [1.54, 1.807) is 6.07 Å². The van der Waals surface area contributed by atoms with Crippen molar-refractivity contribution in [1.82, 2.24) is 9.97 Å². The Morgan fingerprint density at radius 2 is 1.56 bits per heavy atom. The molecule has 0 unspecified atom stereocenters. The lowest BCUT2D eigenvalue weighted by atomic mass is 9.90. The molecule has 0 atom stereocenters. The van der Waals surface area contributed by atoms with E-state index >= 15 is 0 Å². The van der Waals surface area contributed by atoms with Crippen LogP contribution in [-0.2, 0) is 30.5 Å². The van der Waals surface area contributed by atoms with E-state index in [0.717, 1.165) is 22.4 Å². The number of phenols is 2. The van der Waals surface area contributed by atoms with Crippen molar-refractivity contribution in [2.45, 2.75) is 32.1 Å². The number of anilines is 1. The average molecular weight is 452 g/mol. The lowest BCUT2D eigenvalue weighted by Crippen LogP contribution is -2.19. The van der Waals surface area contributed by atoms with Gasteiger partial charge in [-0.15, -0.1) is 0 Å². The molecule has 0 bridgehead atoms. The highest BCUT2D eigenvalue weighted by Gasteiger charge is 2.25. The standard InChI is InChI=1S/C28H25N3O3/c32-24-15-13-20-21(27(24)34)12-14-22-26(20)29-23(17-19-9-5-2-6-10-19)28(30-22)31-25(33)16-11-18-7-3-1-4-8-18/h1-10,13,15,32,34H,11-12,14,16-17H2,(H,30,31,33). The van der Waals surface area contributed by atoms with Crippen LogP contribution >= 0.6 is 0 Å². The number of aryl methyl sites for hydroxylation is 2. The van der Waals surface area contributed by atoms with Gasteiger partial charge in [0.25, 0.3) is 0 Å². The molecule has 0 fully saturated rings. The maximum absolute atomic E-state index is 12.8. The fourth-order valence-corrected chi connectivity index (χ4v) is 4.35. The van der Waals surface area contributed by atoms with Crippen LogP contribution in [0.25, 0.3) is 11.3 Å². The van der Waals surface area contributed by atoms with Crippen molar-refractivity contribution in [2.75, 3.05) is 5.32 Å². The highest BCUT2D eigenvalue weighted by Crippen LogP contribution is 2.41. The number of amides is 1. The van der Waals surface area contributed by atoms with Gasteiger partial charge in [0.1, 0.15) is 0 Å². The molecule has 3 aromatic carbocycles. The minimum absolute atomic E-state index is 0.104. The number of nitrogens with zero attached hydrogens (tertiary/aromatic N) is 2. The number of benzene rings is 3. The van der Waals surface area contributed by atoms with Gasteiger partial charge in [-0.05, 0) is 42.5 Å². The molecule has 5 rings (SSSR count). The molecule has 4 aromatic rings. The van der Waals surface area contributed by atoms with E-state index < -0.39 is 0 Å². The molecule has 34 heavy (non-hydrogen) atoms. The predicted octanol–water partition coefficient (Wildman–Crippen LogP) is 4.82. The third-order valence-electron chi connectivity index (χ3n) is 6.12. The van der Waals surface area contributed by atoms with Crippen LogP contribution in [0, 0.1) is 0 Å². The second-order valence-corrected chi connectivity index (χ2v) is 8.47. The molecule has 0 saturated carbocycles. The van der Waals surface area contributed by atoms with E-state index in [2.05, 4.69) is 5.32 Å². The zero-order valence-electron chi connectivity index (χ0n) is 18.7. The Bertz CT molecular complexity index is 1340. The van der Waals surface area contributed by atoms with Crippen LogP contribution in [-0.4, -0.2) is 26.1 Å². The first-order chi connectivity index (χ1) is 16.6. The predicted molar refractivity (Wildman–Crippen MR) is 131 cm³/mol. The zero-order valence-corrected chi connectivity index (χ0v) is 18.7. The number of aromatic nitrogens is 2. The van der Waals surface area contributed by atoms with Crippen molar-refractivity contribution in [3.63, 3.8) is 0 Å². The Morgan fingerprint density at radius 1 is 0.853 bits per heavy atom. The largest absolute Gasteiger partial charge is 0.504 e. The first kappa shape index (κ1) is 21.6. The molecule has 3 N–H and O–H groups in total. The van der Waals surface area contributed by atoms with Gasteiger partial charge in [0.2, 0.25) is 5.91 Å². The number of rotatable bonds is 6. The van der Waals surface area contributed by atoms with E-state index in [4.69, 9.17) is 9.97 Å². The summed E-state index contributed by atoms with van der Waals surface area (Å²) in [5, 5.41) is 23.3. The number of carbonyl (C=O) groups excluding carboxylic acids is 1. The smallest absolute Gasteiger partial charge is 0.225 e. The fourth-order valence-electron chi connectivity index (χ4n) is 4.35. The van der Waals surface area contributed by atoms with E-state index in [-0.39, 0.29) is 17.4 Å². The Kier molecular flexibility index (Phi) is 5.95. The van der Waals surface area contributed by atoms with Gasteiger partial charge in [-0.1, -0.05) is 60.7 Å². The number of carbonyl (C=O) groups is 1. The van der Waals surface area contributed by atoms with Gasteiger partial charge in [-0.2, -0.15) is 0 Å². The molecular weight excluding hydrogens is 426 g/mol. The average Bonchev–Trinajstić information content (AvgIpc) is 2.86. The first-order valence-corrected chi connectivity index (χ1v) is 11.4. The summed E-state index contributed by atoms with van der Waals surface area (Å²) in [6, 6.07) is 23.1. The summed E-state index contributed by atoms with van der Waals surface area (Å²) in [6.07, 6.45) is 2.61. The quantitative estimate of drug-likeness (QED) is 0.366. The third-order valence-corrected chi connectivity index (χ3v) is 6.12. The summed E-state index contributed by atoms with van der Waals surface area (Å²) >= 11 is 0. The zero-order chi connectivity index (χ0) is 23.5. The maximum atomic E-state index is 12.8. The van der Waals surface area contributed by atoms with Gasteiger partial charge in [0.05, 0.1) is 17.1 Å². The summed E-state index contributed by atoms with van der Waals surface area (Å²) in [5.41, 5.74) is 5.72. The van der Waals surface area contributed by atoms with Gasteiger partial charge >= 0.3 is 0 Å². The molecule has 170 valence electrons. The Hall–Kier alpha value is -4.19. The monoisotopic (exact) mass is 451 g/mol. The lowest BCUT2D eigenvalue weighted by Gasteiger charge is -2.22. The van der Waals surface area contributed by atoms with Gasteiger partial charge in [-0.25, -0.2) is 9.97 Å². The van der Waals surface area contributed by atoms with Crippen LogP contribution in [0.5, 0.6) is 11.5 Å². The number of fused-ring (bicyclic) bond motifs is 3. The number of aromatic hydroxyl groups is 2. The van der Waals surface area contributed by atoms with Crippen LogP contribution in [0.3, 0.4) is 0 Å². The van der Waals surface area contributed by atoms with Crippen LogP contribution in [0.1, 0.15) is 34.5 Å². The van der Waals surface area contributed by atoms with Crippen molar-refractivity contribution in [3.8, 4) is 22.8 Å². The Balaban J connectivity index is 1.48. The van der Waals surface area contributed by atoms with E-state index in [9.17, 15) is 15.0 Å². The summed E-state index contributed by atoms with van der Waals surface area (Å²) in [7, 11) is 0. The summed E-state index contributed by atoms with van der Waals surface area (Å²) in [6.45, 7) is 0. The molecule has 1 heterocycles. The molecule has 1 aliphatic carbocycles. The molecule has 1 aliphatic rings. The molecule has 0 saturated heterocycles. The summed E-state index contributed by atoms with van der Waals surface area (Å²) in [4.78, 5) is 22.5. The van der Waals surface area contributed by atoms with Gasteiger partial charge < -0.3 is 15.5 Å². The number of phenolic OH excluding ortho intramolecular Hbond substituents is 2. The van der Waals surface area contributed by atoms with Crippen molar-refractivity contribution in [3.05, 3.63) is 101 Å². The Labute approximate surface area is 198 Å². The second-order valence-electron chi connectivity index (χ2n) is 8.47. The van der Waals surface area contributed by atoms with Gasteiger partial charge in [0, 0.05) is 24.0 Å². The van der Waals surface area contributed by atoms with E-state index in [0.29, 0.717) is 54.9 Å². The number of nitrogens with one attached hydrogen (secondary N) is 1. The highest BCUT2D eigenvalue weighted by atomic mass is 16.3. The molecule has 0 aliphatic heterocycles. The van der Waals surface area contributed by atoms with E-state index in [1.807, 2.05) is 60.7 Å². The van der Waals surface area contributed by atoms with Crippen molar-refractivity contribution < 1.29 is 15.0 Å². The van der Waals surface area contributed by atoms with Crippen molar-refractivity contribution >= 4 is 11.7 Å².